The monoisotopic (exact) mass is 302 g/mol. The molecule has 0 fully saturated rings. The van der Waals surface area contributed by atoms with Crippen molar-refractivity contribution < 1.29 is 17.6 Å². The van der Waals surface area contributed by atoms with Crippen molar-refractivity contribution in [3.05, 3.63) is 29.6 Å². The summed E-state index contributed by atoms with van der Waals surface area (Å²) in [7, 11) is -3.16. The smallest absolute Gasteiger partial charge is 0.241 e. The second-order valence-corrected chi connectivity index (χ2v) is 6.93. The second kappa shape index (κ2) is 6.81. The Kier molecular flexibility index (Phi) is 5.64. The van der Waals surface area contributed by atoms with Crippen LogP contribution in [0.5, 0.6) is 0 Å². The third-order valence-corrected chi connectivity index (χ3v) is 3.82. The lowest BCUT2D eigenvalue weighted by molar-refractivity contribution is -0.117. The highest BCUT2D eigenvalue weighted by Gasteiger charge is 2.16. The summed E-state index contributed by atoms with van der Waals surface area (Å²) in [6.07, 6.45) is 1.67. The molecule has 0 bridgehead atoms. The molecule has 0 saturated carbocycles. The molecule has 1 amide bonds. The Bertz CT molecular complexity index is 587. The molecular formula is C13H19FN2O3S. The maximum Gasteiger partial charge on any atom is 0.241 e. The first kappa shape index (κ1) is 16.6. The number of rotatable bonds is 6. The van der Waals surface area contributed by atoms with Gasteiger partial charge in [-0.1, -0.05) is 13.0 Å². The number of halogens is 1. The molecule has 0 aromatic heterocycles. The molecule has 1 atom stereocenters. The van der Waals surface area contributed by atoms with Gasteiger partial charge in [0.2, 0.25) is 5.91 Å². The number of sulfone groups is 1. The van der Waals surface area contributed by atoms with Crippen molar-refractivity contribution in [1.29, 1.82) is 0 Å². The molecule has 112 valence electrons. The maximum absolute atomic E-state index is 13.5. The SMILES string of the molecule is CCc1ccc(NC(=O)C(N)CCS(C)(=O)=O)cc1F. The van der Waals surface area contributed by atoms with E-state index < -0.39 is 27.6 Å². The van der Waals surface area contributed by atoms with Crippen molar-refractivity contribution >= 4 is 21.4 Å². The molecule has 0 spiro atoms. The number of aryl methyl sites for hydroxylation is 1. The normalized spacial score (nSPS) is 13.0. The highest BCUT2D eigenvalue weighted by molar-refractivity contribution is 7.90. The maximum atomic E-state index is 13.5. The van der Waals surface area contributed by atoms with Crippen LogP contribution in [0.2, 0.25) is 0 Å². The van der Waals surface area contributed by atoms with Crippen LogP contribution in [0.4, 0.5) is 10.1 Å². The molecule has 20 heavy (non-hydrogen) atoms. The number of hydrogen-bond donors (Lipinski definition) is 2. The summed E-state index contributed by atoms with van der Waals surface area (Å²) < 4.78 is 35.5. The van der Waals surface area contributed by atoms with Gasteiger partial charge in [0, 0.05) is 11.9 Å². The Morgan fingerprint density at radius 1 is 1.45 bits per heavy atom. The van der Waals surface area contributed by atoms with Crippen LogP contribution in [0.1, 0.15) is 18.9 Å². The van der Waals surface area contributed by atoms with E-state index >= 15 is 0 Å². The van der Waals surface area contributed by atoms with E-state index in [1.165, 1.54) is 6.07 Å². The lowest BCUT2D eigenvalue weighted by atomic mass is 10.1. The van der Waals surface area contributed by atoms with Crippen molar-refractivity contribution in [1.82, 2.24) is 0 Å². The van der Waals surface area contributed by atoms with Gasteiger partial charge >= 0.3 is 0 Å². The van der Waals surface area contributed by atoms with Gasteiger partial charge in [-0.15, -0.1) is 0 Å². The standard InChI is InChI=1S/C13H19FN2O3S/c1-3-9-4-5-10(8-11(9)14)16-13(17)12(15)6-7-20(2,18)19/h4-5,8,12H,3,6-7,15H2,1-2H3,(H,16,17). The Labute approximate surface area is 118 Å². The molecule has 0 aliphatic carbocycles. The lowest BCUT2D eigenvalue weighted by Gasteiger charge is -2.12. The molecule has 1 aromatic carbocycles. The van der Waals surface area contributed by atoms with Gasteiger partial charge in [-0.3, -0.25) is 4.79 Å². The zero-order valence-corrected chi connectivity index (χ0v) is 12.3. The Morgan fingerprint density at radius 3 is 2.60 bits per heavy atom. The molecule has 7 heteroatoms. The summed E-state index contributed by atoms with van der Waals surface area (Å²) in [5, 5.41) is 2.47. The van der Waals surface area contributed by atoms with E-state index in [-0.39, 0.29) is 12.2 Å². The summed E-state index contributed by atoms with van der Waals surface area (Å²) in [5.74, 6) is -1.09. The van der Waals surface area contributed by atoms with Crippen molar-refractivity contribution in [3.63, 3.8) is 0 Å². The quantitative estimate of drug-likeness (QED) is 0.823. The van der Waals surface area contributed by atoms with Crippen molar-refractivity contribution in [2.75, 3.05) is 17.3 Å². The van der Waals surface area contributed by atoms with Gasteiger partial charge in [-0.05, 0) is 30.5 Å². The van der Waals surface area contributed by atoms with Gasteiger partial charge in [0.05, 0.1) is 11.8 Å². The number of hydrogen-bond acceptors (Lipinski definition) is 4. The van der Waals surface area contributed by atoms with Gasteiger partial charge in [0.15, 0.2) is 0 Å². The summed E-state index contributed by atoms with van der Waals surface area (Å²) >= 11 is 0. The molecule has 0 heterocycles. The van der Waals surface area contributed by atoms with E-state index in [2.05, 4.69) is 5.32 Å². The van der Waals surface area contributed by atoms with Gasteiger partial charge in [-0.2, -0.15) is 0 Å². The summed E-state index contributed by atoms with van der Waals surface area (Å²) in [4.78, 5) is 11.7. The van der Waals surface area contributed by atoms with E-state index in [9.17, 15) is 17.6 Å². The first-order valence-electron chi connectivity index (χ1n) is 6.25. The number of nitrogens with two attached hydrogens (primary N) is 1. The van der Waals surface area contributed by atoms with Gasteiger partial charge in [0.25, 0.3) is 0 Å². The van der Waals surface area contributed by atoms with Crippen molar-refractivity contribution in [2.45, 2.75) is 25.8 Å². The minimum atomic E-state index is -3.16. The minimum Gasteiger partial charge on any atom is -0.325 e. The van der Waals surface area contributed by atoms with Crippen LogP contribution < -0.4 is 11.1 Å². The fraction of sp³-hybridized carbons (Fsp3) is 0.462. The number of carbonyl (C=O) groups is 1. The fourth-order valence-corrected chi connectivity index (χ4v) is 2.30. The number of anilines is 1. The topological polar surface area (TPSA) is 89.3 Å². The Balaban J connectivity index is 2.64. The predicted molar refractivity (Wildman–Crippen MR) is 76.7 cm³/mol. The van der Waals surface area contributed by atoms with Crippen LogP contribution in [0, 0.1) is 5.82 Å². The van der Waals surface area contributed by atoms with E-state index in [1.54, 1.807) is 12.1 Å². The first-order chi connectivity index (χ1) is 9.23. The van der Waals surface area contributed by atoms with Gasteiger partial charge in [0.1, 0.15) is 15.7 Å². The summed E-state index contributed by atoms with van der Waals surface area (Å²) in [5.41, 5.74) is 6.46. The second-order valence-electron chi connectivity index (χ2n) is 4.67. The largest absolute Gasteiger partial charge is 0.325 e. The van der Waals surface area contributed by atoms with Gasteiger partial charge < -0.3 is 11.1 Å². The number of carbonyl (C=O) groups excluding carboxylic acids is 1. The number of benzene rings is 1. The van der Waals surface area contributed by atoms with E-state index in [0.717, 1.165) is 6.26 Å². The van der Waals surface area contributed by atoms with Crippen LogP contribution in [0.15, 0.2) is 18.2 Å². The molecule has 3 N–H and O–H groups in total. The van der Waals surface area contributed by atoms with Gasteiger partial charge in [-0.25, -0.2) is 12.8 Å². The highest BCUT2D eigenvalue weighted by atomic mass is 32.2. The van der Waals surface area contributed by atoms with Crippen LogP contribution in [0.25, 0.3) is 0 Å². The van der Waals surface area contributed by atoms with E-state index in [1.807, 2.05) is 6.92 Å². The molecule has 1 unspecified atom stereocenters. The number of nitrogens with one attached hydrogen (secondary N) is 1. The third kappa shape index (κ3) is 5.26. The molecule has 1 aromatic rings. The molecular weight excluding hydrogens is 283 g/mol. The molecule has 0 aliphatic heterocycles. The summed E-state index contributed by atoms with van der Waals surface area (Å²) in [6, 6.07) is 3.45. The van der Waals surface area contributed by atoms with E-state index in [0.29, 0.717) is 17.7 Å². The molecule has 0 saturated heterocycles. The highest BCUT2D eigenvalue weighted by Crippen LogP contribution is 2.15. The van der Waals surface area contributed by atoms with E-state index in [4.69, 9.17) is 5.73 Å². The first-order valence-corrected chi connectivity index (χ1v) is 8.31. The molecule has 5 nitrogen and oxygen atoms in total. The predicted octanol–water partition coefficient (Wildman–Crippen LogP) is 1.09. The van der Waals surface area contributed by atoms with Crippen LogP contribution >= 0.6 is 0 Å². The van der Waals surface area contributed by atoms with Crippen molar-refractivity contribution in [3.8, 4) is 0 Å². The van der Waals surface area contributed by atoms with Crippen LogP contribution in [-0.4, -0.2) is 32.4 Å². The number of amides is 1. The van der Waals surface area contributed by atoms with Crippen molar-refractivity contribution in [2.24, 2.45) is 5.73 Å². The summed E-state index contributed by atoms with van der Waals surface area (Å²) in [6.45, 7) is 1.83. The molecule has 0 radical (unpaired) electrons. The molecule has 0 aliphatic rings. The average molecular weight is 302 g/mol. The van der Waals surface area contributed by atoms with Crippen LogP contribution in [-0.2, 0) is 21.1 Å². The minimum absolute atomic E-state index is 0.0280. The van der Waals surface area contributed by atoms with Crippen LogP contribution in [0.3, 0.4) is 0 Å². The average Bonchev–Trinajstić information content (AvgIpc) is 2.35. The lowest BCUT2D eigenvalue weighted by Crippen LogP contribution is -2.37. The third-order valence-electron chi connectivity index (χ3n) is 2.84. The Morgan fingerprint density at radius 2 is 2.10 bits per heavy atom. The zero-order chi connectivity index (χ0) is 15.3. The Hall–Kier alpha value is -1.47. The zero-order valence-electron chi connectivity index (χ0n) is 11.5. The molecule has 1 rings (SSSR count). The fourth-order valence-electron chi connectivity index (χ4n) is 1.62.